The summed E-state index contributed by atoms with van der Waals surface area (Å²) in [6.07, 6.45) is 4.48. The molecule has 0 saturated heterocycles. The van der Waals surface area contributed by atoms with Crippen molar-refractivity contribution in [3.05, 3.63) is 71.5 Å². The maximum atomic E-state index is 12.8. The number of nitrogens with zero attached hydrogens (tertiary/aromatic N) is 3. The van der Waals surface area contributed by atoms with E-state index in [9.17, 15) is 4.79 Å². The molecule has 0 radical (unpaired) electrons. The van der Waals surface area contributed by atoms with Crippen molar-refractivity contribution in [3.8, 4) is 5.75 Å². The Balaban J connectivity index is 1.46. The molecular weight excluding hydrogens is 396 g/mol. The molecule has 1 atom stereocenters. The van der Waals surface area contributed by atoms with Gasteiger partial charge in [-0.3, -0.25) is 4.79 Å². The Bertz CT molecular complexity index is 973. The molecule has 156 valence electrons. The molecular formula is C23H26N4O2S. The highest BCUT2D eigenvalue weighted by Gasteiger charge is 2.19. The van der Waals surface area contributed by atoms with Crippen molar-refractivity contribution in [2.24, 2.45) is 0 Å². The van der Waals surface area contributed by atoms with Crippen LogP contribution in [0.25, 0.3) is 0 Å². The number of fused-ring (bicyclic) bond motifs is 1. The summed E-state index contributed by atoms with van der Waals surface area (Å²) in [5, 5.41) is 12.6. The van der Waals surface area contributed by atoms with Gasteiger partial charge in [-0.25, -0.2) is 0 Å². The zero-order valence-corrected chi connectivity index (χ0v) is 17.9. The van der Waals surface area contributed by atoms with Crippen molar-refractivity contribution in [1.82, 2.24) is 20.1 Å². The molecule has 2 aromatic carbocycles. The third kappa shape index (κ3) is 4.84. The molecule has 6 nitrogen and oxygen atoms in total. The molecule has 1 N–H and O–H groups in total. The molecule has 0 saturated carbocycles. The zero-order chi connectivity index (χ0) is 20.8. The van der Waals surface area contributed by atoms with Crippen LogP contribution >= 0.6 is 11.8 Å². The van der Waals surface area contributed by atoms with Gasteiger partial charge >= 0.3 is 0 Å². The largest absolute Gasteiger partial charge is 0.497 e. The van der Waals surface area contributed by atoms with Crippen LogP contribution in [0.15, 0.2) is 59.8 Å². The number of thioether (sulfide) groups is 1. The van der Waals surface area contributed by atoms with E-state index in [1.807, 2.05) is 54.6 Å². The van der Waals surface area contributed by atoms with Crippen molar-refractivity contribution < 1.29 is 9.53 Å². The minimum absolute atomic E-state index is 0.0318. The summed E-state index contributed by atoms with van der Waals surface area (Å²) in [5.41, 5.74) is 2.05. The van der Waals surface area contributed by atoms with Gasteiger partial charge in [-0.05, 0) is 36.1 Å². The second-order valence-corrected chi connectivity index (χ2v) is 8.28. The van der Waals surface area contributed by atoms with Crippen molar-refractivity contribution >= 4 is 17.7 Å². The van der Waals surface area contributed by atoms with Crippen molar-refractivity contribution in [2.45, 2.75) is 43.4 Å². The van der Waals surface area contributed by atoms with Crippen LogP contribution in [0.5, 0.6) is 5.75 Å². The molecule has 1 aliphatic heterocycles. The molecule has 0 fully saturated rings. The Morgan fingerprint density at radius 3 is 2.60 bits per heavy atom. The molecule has 1 unspecified atom stereocenters. The van der Waals surface area contributed by atoms with E-state index in [2.05, 4.69) is 20.1 Å². The van der Waals surface area contributed by atoms with Gasteiger partial charge in [0.25, 0.3) is 0 Å². The number of nitrogens with one attached hydrogen (secondary N) is 1. The van der Waals surface area contributed by atoms with Crippen molar-refractivity contribution in [2.75, 3.05) is 12.9 Å². The van der Waals surface area contributed by atoms with E-state index in [1.54, 1.807) is 7.11 Å². The third-order valence-corrected chi connectivity index (χ3v) is 6.26. The first kappa shape index (κ1) is 20.5. The number of ether oxygens (including phenoxy) is 1. The van der Waals surface area contributed by atoms with Crippen LogP contribution in [-0.2, 0) is 17.8 Å². The van der Waals surface area contributed by atoms with Crippen LogP contribution in [0.4, 0.5) is 0 Å². The number of aromatic nitrogens is 3. The molecule has 2 heterocycles. The Hall–Kier alpha value is -2.80. The van der Waals surface area contributed by atoms with E-state index in [-0.39, 0.29) is 11.9 Å². The number of carbonyl (C=O) groups is 1. The number of methoxy groups -OCH3 is 1. The molecule has 7 heteroatoms. The Morgan fingerprint density at radius 2 is 1.83 bits per heavy atom. The number of benzene rings is 2. The molecule has 0 aliphatic carbocycles. The van der Waals surface area contributed by atoms with Crippen LogP contribution in [0.2, 0.25) is 0 Å². The average Bonchev–Trinajstić information content (AvgIpc) is 3.02. The standard InChI is InChI=1S/C23H26N4O2S/c1-29-19-13-11-18(12-14-19)22(17-8-4-2-5-9-17)24-21(28)16-30-23-26-25-20-10-6-3-7-15-27(20)23/h2,4-5,8-9,11-14,22H,3,6-7,10,15-16H2,1H3,(H,24,28). The lowest BCUT2D eigenvalue weighted by molar-refractivity contribution is -0.119. The maximum absolute atomic E-state index is 12.8. The molecule has 0 spiro atoms. The fraction of sp³-hybridized carbons (Fsp3) is 0.348. The normalized spacial score (nSPS) is 14.4. The lowest BCUT2D eigenvalue weighted by Crippen LogP contribution is -2.30. The average molecular weight is 423 g/mol. The molecule has 1 aliphatic rings. The lowest BCUT2D eigenvalue weighted by atomic mass is 9.98. The molecule has 3 aromatic rings. The van der Waals surface area contributed by atoms with Gasteiger partial charge in [-0.2, -0.15) is 0 Å². The minimum Gasteiger partial charge on any atom is -0.497 e. The SMILES string of the molecule is COc1ccc(C(NC(=O)CSc2nnc3n2CCCCC3)c2ccccc2)cc1. The monoisotopic (exact) mass is 422 g/mol. The first-order chi connectivity index (χ1) is 14.7. The van der Waals surface area contributed by atoms with Gasteiger partial charge in [0, 0.05) is 13.0 Å². The minimum atomic E-state index is -0.222. The predicted molar refractivity (Wildman–Crippen MR) is 118 cm³/mol. The van der Waals surface area contributed by atoms with E-state index in [0.717, 1.165) is 53.7 Å². The zero-order valence-electron chi connectivity index (χ0n) is 17.1. The Morgan fingerprint density at radius 1 is 1.07 bits per heavy atom. The summed E-state index contributed by atoms with van der Waals surface area (Å²) in [7, 11) is 1.65. The summed E-state index contributed by atoms with van der Waals surface area (Å²) in [4.78, 5) is 12.8. The highest BCUT2D eigenvalue weighted by atomic mass is 32.2. The highest BCUT2D eigenvalue weighted by molar-refractivity contribution is 7.99. The number of rotatable bonds is 7. The number of aryl methyl sites for hydroxylation is 1. The smallest absolute Gasteiger partial charge is 0.231 e. The first-order valence-corrected chi connectivity index (χ1v) is 11.3. The van der Waals surface area contributed by atoms with Crippen LogP contribution in [0, 0.1) is 0 Å². The molecule has 1 amide bonds. The van der Waals surface area contributed by atoms with Gasteiger partial charge in [0.2, 0.25) is 5.91 Å². The Kier molecular flexibility index (Phi) is 6.69. The Labute approximate surface area is 181 Å². The van der Waals surface area contributed by atoms with Crippen LogP contribution in [0.3, 0.4) is 0 Å². The second-order valence-electron chi connectivity index (χ2n) is 7.33. The molecule has 30 heavy (non-hydrogen) atoms. The quantitative estimate of drug-likeness (QED) is 0.583. The molecule has 0 bridgehead atoms. The molecule has 1 aromatic heterocycles. The summed E-state index contributed by atoms with van der Waals surface area (Å²) in [6, 6.07) is 17.6. The van der Waals surface area contributed by atoms with Gasteiger partial charge in [0.1, 0.15) is 11.6 Å². The van der Waals surface area contributed by atoms with E-state index >= 15 is 0 Å². The van der Waals surface area contributed by atoms with Gasteiger partial charge in [0.15, 0.2) is 5.16 Å². The summed E-state index contributed by atoms with van der Waals surface area (Å²) >= 11 is 1.45. The van der Waals surface area contributed by atoms with Gasteiger partial charge in [-0.15, -0.1) is 10.2 Å². The van der Waals surface area contributed by atoms with E-state index in [4.69, 9.17) is 4.74 Å². The van der Waals surface area contributed by atoms with Crippen LogP contribution in [-0.4, -0.2) is 33.5 Å². The topological polar surface area (TPSA) is 69.0 Å². The van der Waals surface area contributed by atoms with E-state index in [0.29, 0.717) is 5.75 Å². The first-order valence-electron chi connectivity index (χ1n) is 10.3. The fourth-order valence-corrected chi connectivity index (χ4v) is 4.49. The van der Waals surface area contributed by atoms with E-state index in [1.165, 1.54) is 18.2 Å². The van der Waals surface area contributed by atoms with E-state index < -0.39 is 0 Å². The lowest BCUT2D eigenvalue weighted by Gasteiger charge is -2.20. The summed E-state index contributed by atoms with van der Waals surface area (Å²) in [6.45, 7) is 0.935. The van der Waals surface area contributed by atoms with Gasteiger partial charge in [0.05, 0.1) is 18.9 Å². The van der Waals surface area contributed by atoms with Gasteiger partial charge < -0.3 is 14.6 Å². The highest BCUT2D eigenvalue weighted by Crippen LogP contribution is 2.25. The maximum Gasteiger partial charge on any atom is 0.231 e. The summed E-state index contributed by atoms with van der Waals surface area (Å²) < 4.78 is 7.43. The number of hydrogen-bond donors (Lipinski definition) is 1. The van der Waals surface area contributed by atoms with Crippen LogP contribution < -0.4 is 10.1 Å². The fourth-order valence-electron chi connectivity index (χ4n) is 3.70. The number of amides is 1. The number of hydrogen-bond acceptors (Lipinski definition) is 5. The third-order valence-electron chi connectivity index (χ3n) is 5.30. The van der Waals surface area contributed by atoms with Crippen LogP contribution in [0.1, 0.15) is 42.3 Å². The van der Waals surface area contributed by atoms with Gasteiger partial charge in [-0.1, -0.05) is 60.6 Å². The van der Waals surface area contributed by atoms with Crippen molar-refractivity contribution in [3.63, 3.8) is 0 Å². The molecule has 4 rings (SSSR count). The predicted octanol–water partition coefficient (Wildman–Crippen LogP) is 4.01. The number of carbonyl (C=O) groups excluding carboxylic acids is 1. The second kappa shape index (κ2) is 9.80. The van der Waals surface area contributed by atoms with Crippen molar-refractivity contribution in [1.29, 1.82) is 0 Å². The summed E-state index contributed by atoms with van der Waals surface area (Å²) in [5.74, 6) is 2.10.